The van der Waals surface area contributed by atoms with Gasteiger partial charge >= 0.3 is 0 Å². The minimum atomic E-state index is -3.94. The summed E-state index contributed by atoms with van der Waals surface area (Å²) in [5.74, 6) is 0. The number of nitrogens with zero attached hydrogens (tertiary/aromatic N) is 3. The molecule has 0 radical (unpaired) electrons. The molecule has 108 valence electrons. The van der Waals surface area contributed by atoms with Crippen molar-refractivity contribution < 1.29 is 13.3 Å². The Hall–Kier alpha value is -1.98. The van der Waals surface area contributed by atoms with E-state index >= 15 is 0 Å². The van der Waals surface area contributed by atoms with Crippen LogP contribution < -0.4 is 0 Å². The highest BCUT2D eigenvalue weighted by Gasteiger charge is 2.30. The van der Waals surface area contributed by atoms with Crippen LogP contribution in [0, 0.1) is 28.4 Å². The Balaban J connectivity index is 3.47. The van der Waals surface area contributed by atoms with Crippen molar-refractivity contribution in [3.63, 3.8) is 0 Å². The van der Waals surface area contributed by atoms with E-state index in [4.69, 9.17) is 5.26 Å². The van der Waals surface area contributed by atoms with Crippen molar-refractivity contribution in [2.75, 3.05) is 6.54 Å². The van der Waals surface area contributed by atoms with Gasteiger partial charge in [0.1, 0.15) is 6.54 Å². The van der Waals surface area contributed by atoms with Crippen molar-refractivity contribution in [3.05, 3.63) is 33.9 Å². The number of benzene rings is 1. The van der Waals surface area contributed by atoms with Crippen molar-refractivity contribution in [3.8, 4) is 6.07 Å². The molecule has 0 aliphatic carbocycles. The van der Waals surface area contributed by atoms with Crippen LogP contribution in [0.2, 0.25) is 0 Å². The zero-order chi connectivity index (χ0) is 15.5. The van der Waals surface area contributed by atoms with Crippen LogP contribution in [-0.4, -0.2) is 30.2 Å². The van der Waals surface area contributed by atoms with Gasteiger partial charge in [0.25, 0.3) is 5.69 Å². The molecule has 0 unspecified atom stereocenters. The average Bonchev–Trinajstić information content (AvgIpc) is 2.34. The van der Waals surface area contributed by atoms with E-state index in [1.54, 1.807) is 19.9 Å². The lowest BCUT2D eigenvalue weighted by molar-refractivity contribution is -0.385. The lowest BCUT2D eigenvalue weighted by Crippen LogP contribution is -2.37. The molecule has 0 atom stereocenters. The van der Waals surface area contributed by atoms with E-state index in [0.717, 1.165) is 4.31 Å². The molecule has 20 heavy (non-hydrogen) atoms. The molecule has 7 nitrogen and oxygen atoms in total. The maximum atomic E-state index is 12.5. The lowest BCUT2D eigenvalue weighted by Gasteiger charge is -2.23. The lowest BCUT2D eigenvalue weighted by atomic mass is 10.2. The van der Waals surface area contributed by atoms with Crippen LogP contribution in [0.1, 0.15) is 19.4 Å². The highest BCUT2D eigenvalue weighted by Crippen LogP contribution is 2.27. The SMILES string of the molecule is Cc1c([N+](=O)[O-])cccc1S(=O)(=O)N(CC#N)C(C)C. The predicted octanol–water partition coefficient (Wildman–Crippen LogP) is 1.83. The van der Waals surface area contributed by atoms with Crippen LogP contribution in [0.4, 0.5) is 5.69 Å². The fourth-order valence-corrected chi connectivity index (χ4v) is 3.60. The second-order valence-corrected chi connectivity index (χ2v) is 6.32. The van der Waals surface area contributed by atoms with Crippen molar-refractivity contribution in [1.29, 1.82) is 5.26 Å². The van der Waals surface area contributed by atoms with Crippen LogP contribution in [0.25, 0.3) is 0 Å². The number of nitriles is 1. The van der Waals surface area contributed by atoms with Gasteiger partial charge in [-0.05, 0) is 26.8 Å². The zero-order valence-electron chi connectivity index (χ0n) is 11.4. The summed E-state index contributed by atoms with van der Waals surface area (Å²) in [5.41, 5.74) is -0.187. The summed E-state index contributed by atoms with van der Waals surface area (Å²) in [7, 11) is -3.94. The first-order valence-electron chi connectivity index (χ1n) is 5.86. The fourth-order valence-electron chi connectivity index (χ4n) is 1.82. The first-order chi connectivity index (χ1) is 9.23. The Bertz CT molecular complexity index is 662. The highest BCUT2D eigenvalue weighted by molar-refractivity contribution is 7.89. The molecule has 0 aromatic heterocycles. The minimum absolute atomic E-state index is 0.0705. The molecule has 1 aromatic rings. The number of nitro benzene ring substituents is 1. The van der Waals surface area contributed by atoms with Gasteiger partial charge in [-0.15, -0.1) is 0 Å². The topological polar surface area (TPSA) is 104 Å². The van der Waals surface area contributed by atoms with E-state index in [1.165, 1.54) is 25.1 Å². The molecule has 0 N–H and O–H groups in total. The van der Waals surface area contributed by atoms with Gasteiger partial charge in [-0.25, -0.2) is 8.42 Å². The summed E-state index contributed by atoms with van der Waals surface area (Å²) in [6.07, 6.45) is 0. The molecule has 0 spiro atoms. The van der Waals surface area contributed by atoms with E-state index in [9.17, 15) is 18.5 Å². The summed E-state index contributed by atoms with van der Waals surface area (Å²) in [6.45, 7) is 4.36. The van der Waals surface area contributed by atoms with Crippen molar-refractivity contribution in [2.45, 2.75) is 31.7 Å². The first-order valence-corrected chi connectivity index (χ1v) is 7.30. The summed E-state index contributed by atoms with van der Waals surface area (Å²) in [6, 6.07) is 5.26. The largest absolute Gasteiger partial charge is 0.273 e. The van der Waals surface area contributed by atoms with E-state index in [1.807, 2.05) is 0 Å². The van der Waals surface area contributed by atoms with Crippen LogP contribution >= 0.6 is 0 Å². The molecule has 1 rings (SSSR count). The van der Waals surface area contributed by atoms with Gasteiger partial charge in [0, 0.05) is 17.7 Å². The second-order valence-electron chi connectivity index (χ2n) is 4.46. The zero-order valence-corrected chi connectivity index (χ0v) is 12.2. The summed E-state index contributed by atoms with van der Waals surface area (Å²) < 4.78 is 26.0. The molecular weight excluding hydrogens is 282 g/mol. The molecule has 0 amide bonds. The Morgan fingerprint density at radius 2 is 2.05 bits per heavy atom. The van der Waals surface area contributed by atoms with Gasteiger partial charge in [-0.1, -0.05) is 6.07 Å². The number of rotatable bonds is 5. The van der Waals surface area contributed by atoms with Crippen molar-refractivity contribution >= 4 is 15.7 Å². The average molecular weight is 297 g/mol. The summed E-state index contributed by atoms with van der Waals surface area (Å²) in [4.78, 5) is 10.1. The number of hydrogen-bond acceptors (Lipinski definition) is 5. The standard InChI is InChI=1S/C12H15N3O4S/c1-9(2)14(8-7-13)20(18,19)12-6-4-5-11(10(12)3)15(16)17/h4-6,9H,8H2,1-3H3. The Labute approximate surface area is 117 Å². The van der Waals surface area contributed by atoms with Crippen LogP contribution in [0.3, 0.4) is 0 Å². The van der Waals surface area contributed by atoms with Crippen molar-refractivity contribution in [1.82, 2.24) is 4.31 Å². The molecule has 1 aromatic carbocycles. The molecule has 0 fully saturated rings. The molecule has 8 heteroatoms. The van der Waals surface area contributed by atoms with E-state index in [2.05, 4.69) is 0 Å². The third-order valence-electron chi connectivity index (χ3n) is 2.84. The normalized spacial score (nSPS) is 11.6. The molecule has 0 aliphatic rings. The third-order valence-corrected chi connectivity index (χ3v) is 5.01. The van der Waals surface area contributed by atoms with E-state index in [-0.39, 0.29) is 22.7 Å². The number of nitro groups is 1. The van der Waals surface area contributed by atoms with E-state index in [0.29, 0.717) is 0 Å². The monoisotopic (exact) mass is 297 g/mol. The Kier molecular flexibility index (Phi) is 4.81. The van der Waals surface area contributed by atoms with Gasteiger partial charge in [0.15, 0.2) is 0 Å². The van der Waals surface area contributed by atoms with Crippen LogP contribution in [0.5, 0.6) is 0 Å². The summed E-state index contributed by atoms with van der Waals surface area (Å²) in [5, 5.41) is 19.6. The Morgan fingerprint density at radius 3 is 2.50 bits per heavy atom. The van der Waals surface area contributed by atoms with Gasteiger partial charge in [-0.3, -0.25) is 10.1 Å². The van der Waals surface area contributed by atoms with Gasteiger partial charge in [0.05, 0.1) is 15.9 Å². The second kappa shape index (κ2) is 5.98. The third kappa shape index (κ3) is 2.95. The maximum absolute atomic E-state index is 12.5. The number of sulfonamides is 1. The van der Waals surface area contributed by atoms with Gasteiger partial charge < -0.3 is 0 Å². The summed E-state index contributed by atoms with van der Waals surface area (Å²) >= 11 is 0. The molecule has 0 aliphatic heterocycles. The van der Waals surface area contributed by atoms with Crippen LogP contribution in [-0.2, 0) is 10.0 Å². The van der Waals surface area contributed by atoms with Crippen LogP contribution in [0.15, 0.2) is 23.1 Å². The van der Waals surface area contributed by atoms with Gasteiger partial charge in [0.2, 0.25) is 10.0 Å². The molecule has 0 saturated heterocycles. The first kappa shape index (κ1) is 16.1. The minimum Gasteiger partial charge on any atom is -0.258 e. The van der Waals surface area contributed by atoms with Crippen molar-refractivity contribution in [2.24, 2.45) is 0 Å². The fraction of sp³-hybridized carbons (Fsp3) is 0.417. The molecular formula is C12H15N3O4S. The molecule has 0 saturated carbocycles. The highest BCUT2D eigenvalue weighted by atomic mass is 32.2. The Morgan fingerprint density at radius 1 is 1.45 bits per heavy atom. The predicted molar refractivity (Wildman–Crippen MR) is 72.5 cm³/mol. The number of hydrogen-bond donors (Lipinski definition) is 0. The molecule has 0 bridgehead atoms. The maximum Gasteiger partial charge on any atom is 0.273 e. The van der Waals surface area contributed by atoms with Gasteiger partial charge in [-0.2, -0.15) is 9.57 Å². The smallest absolute Gasteiger partial charge is 0.258 e. The van der Waals surface area contributed by atoms with E-state index < -0.39 is 21.0 Å². The quantitative estimate of drug-likeness (QED) is 0.468. The molecule has 0 heterocycles.